The van der Waals surface area contributed by atoms with Gasteiger partial charge in [-0.05, 0) is 24.3 Å². The molecule has 0 spiro atoms. The number of para-hydroxylation sites is 2. The van der Waals surface area contributed by atoms with Gasteiger partial charge >= 0.3 is 0 Å². The molecule has 0 saturated heterocycles. The second-order valence-corrected chi connectivity index (χ2v) is 14.7. The van der Waals surface area contributed by atoms with Crippen LogP contribution in [0.2, 0.25) is 0 Å². The summed E-state index contributed by atoms with van der Waals surface area (Å²) in [6.45, 7) is 0. The molecule has 238 valence electrons. The molecule has 0 amide bonds. The Bertz CT molecular complexity index is 3090. The maximum absolute atomic E-state index is 5.38. The molecule has 0 aliphatic heterocycles. The molecular weight excluding hydrogens is 663 g/mol. The lowest BCUT2D eigenvalue weighted by Crippen LogP contribution is -2.06. The second kappa shape index (κ2) is 11.1. The predicted molar refractivity (Wildman–Crippen MR) is 214 cm³/mol. The van der Waals surface area contributed by atoms with E-state index in [1.807, 2.05) is 41.7 Å². The molecule has 51 heavy (non-hydrogen) atoms. The number of pyridine rings is 1. The SMILES string of the molecule is c1ccc(-c2nc(-c3ccc(-c4nc5sc6ccccc6c5c5sc6ccccc6c45)cc3)nc(-n3c4ccccc4c4ccccc43)n2)cc1. The Morgan fingerprint density at radius 3 is 1.57 bits per heavy atom. The van der Waals surface area contributed by atoms with Gasteiger partial charge in [0, 0.05) is 63.1 Å². The zero-order valence-electron chi connectivity index (χ0n) is 27.0. The number of thiophene rings is 2. The average Bonchev–Trinajstić information content (AvgIpc) is 3.87. The summed E-state index contributed by atoms with van der Waals surface area (Å²) in [6, 6.07) is 52.9. The molecule has 0 fully saturated rings. The fourth-order valence-corrected chi connectivity index (χ4v) is 9.79. The topological polar surface area (TPSA) is 56.5 Å². The summed E-state index contributed by atoms with van der Waals surface area (Å²) in [5.41, 5.74) is 6.02. The first-order valence-corrected chi connectivity index (χ1v) is 18.5. The standard InChI is InChI=1S/C44H25N5S2/c1-2-12-27(13-3-1)41-46-42(48-44(47-41)49-33-18-8-4-14-29(33)30-15-5-9-19-34(30)49)28-24-22-26(23-25-28)39-37-31-16-6-10-20-35(31)50-40(37)38-32-17-7-11-21-36(32)51-43(38)45-39/h1-25H. The van der Waals surface area contributed by atoms with Gasteiger partial charge in [0.15, 0.2) is 11.6 Å². The van der Waals surface area contributed by atoms with E-state index in [0.29, 0.717) is 17.6 Å². The Morgan fingerprint density at radius 2 is 0.902 bits per heavy atom. The summed E-state index contributed by atoms with van der Waals surface area (Å²) in [6.07, 6.45) is 0. The molecule has 11 aromatic rings. The number of fused-ring (bicyclic) bond motifs is 10. The normalized spacial score (nSPS) is 11.9. The first-order chi connectivity index (χ1) is 25.3. The molecule has 0 saturated carbocycles. The van der Waals surface area contributed by atoms with Crippen molar-refractivity contribution in [3.63, 3.8) is 0 Å². The highest BCUT2D eigenvalue weighted by atomic mass is 32.1. The molecule has 7 heteroatoms. The van der Waals surface area contributed by atoms with Gasteiger partial charge in [0.1, 0.15) is 4.83 Å². The number of rotatable bonds is 4. The van der Waals surface area contributed by atoms with Crippen LogP contribution in [0.3, 0.4) is 0 Å². The molecule has 5 nitrogen and oxygen atoms in total. The monoisotopic (exact) mass is 687 g/mol. The van der Waals surface area contributed by atoms with Crippen LogP contribution in [0.4, 0.5) is 0 Å². The predicted octanol–water partition coefficient (Wildman–Crippen LogP) is 12.1. The van der Waals surface area contributed by atoms with Crippen LogP contribution in [0.5, 0.6) is 0 Å². The summed E-state index contributed by atoms with van der Waals surface area (Å²) in [5, 5.41) is 7.30. The number of hydrogen-bond donors (Lipinski definition) is 0. The van der Waals surface area contributed by atoms with Gasteiger partial charge in [-0.1, -0.05) is 127 Å². The summed E-state index contributed by atoms with van der Waals surface area (Å²) in [7, 11) is 0. The van der Waals surface area contributed by atoms with Crippen molar-refractivity contribution in [1.29, 1.82) is 0 Å². The smallest absolute Gasteiger partial charge is 0.238 e. The fraction of sp³-hybridized carbons (Fsp3) is 0. The Labute approximate surface area is 299 Å². The molecule has 0 aliphatic carbocycles. The fourth-order valence-electron chi connectivity index (χ4n) is 7.38. The highest BCUT2D eigenvalue weighted by Crippen LogP contribution is 2.47. The lowest BCUT2D eigenvalue weighted by molar-refractivity contribution is 0.953. The van der Waals surface area contributed by atoms with Crippen LogP contribution in [0.1, 0.15) is 0 Å². The van der Waals surface area contributed by atoms with Crippen molar-refractivity contribution in [2.75, 3.05) is 0 Å². The molecule has 0 atom stereocenters. The third-order valence-corrected chi connectivity index (χ3v) is 12.0. The van der Waals surface area contributed by atoms with Gasteiger partial charge in [-0.15, -0.1) is 22.7 Å². The van der Waals surface area contributed by atoms with Crippen molar-refractivity contribution in [3.05, 3.63) is 152 Å². The van der Waals surface area contributed by atoms with Gasteiger partial charge in [-0.2, -0.15) is 9.97 Å². The molecular formula is C44H25N5S2. The number of hydrogen-bond acceptors (Lipinski definition) is 6. The van der Waals surface area contributed by atoms with Crippen LogP contribution < -0.4 is 0 Å². The molecule has 0 bridgehead atoms. The Balaban J connectivity index is 1.11. The van der Waals surface area contributed by atoms with Crippen molar-refractivity contribution in [3.8, 4) is 40.0 Å². The van der Waals surface area contributed by atoms with Crippen LogP contribution in [0, 0.1) is 0 Å². The molecule has 11 rings (SSSR count). The van der Waals surface area contributed by atoms with Crippen molar-refractivity contribution in [2.45, 2.75) is 0 Å². The summed E-state index contributed by atoms with van der Waals surface area (Å²) < 4.78 is 5.97. The number of nitrogens with zero attached hydrogens (tertiary/aromatic N) is 5. The van der Waals surface area contributed by atoms with E-state index >= 15 is 0 Å². The molecule has 6 aromatic carbocycles. The summed E-state index contributed by atoms with van der Waals surface area (Å²) in [4.78, 5) is 21.7. The van der Waals surface area contributed by atoms with Gasteiger partial charge < -0.3 is 0 Å². The molecule has 0 radical (unpaired) electrons. The minimum atomic E-state index is 0.587. The minimum Gasteiger partial charge on any atom is -0.278 e. The number of benzene rings is 6. The van der Waals surface area contributed by atoms with Gasteiger partial charge in [0.2, 0.25) is 5.95 Å². The maximum Gasteiger partial charge on any atom is 0.238 e. The van der Waals surface area contributed by atoms with E-state index in [-0.39, 0.29) is 0 Å². The largest absolute Gasteiger partial charge is 0.278 e. The minimum absolute atomic E-state index is 0.587. The van der Waals surface area contributed by atoms with Gasteiger partial charge in [0.05, 0.1) is 16.7 Å². The van der Waals surface area contributed by atoms with Crippen LogP contribution in [0.15, 0.2) is 152 Å². The highest BCUT2D eigenvalue weighted by molar-refractivity contribution is 7.29. The van der Waals surface area contributed by atoms with E-state index < -0.39 is 0 Å². The molecule has 5 heterocycles. The molecule has 5 aromatic heterocycles. The van der Waals surface area contributed by atoms with Crippen LogP contribution in [-0.4, -0.2) is 24.5 Å². The van der Waals surface area contributed by atoms with Crippen molar-refractivity contribution >= 4 is 85.0 Å². The van der Waals surface area contributed by atoms with Crippen molar-refractivity contribution in [2.24, 2.45) is 0 Å². The maximum atomic E-state index is 5.38. The van der Waals surface area contributed by atoms with Crippen LogP contribution in [0.25, 0.3) is 102 Å². The zero-order valence-corrected chi connectivity index (χ0v) is 28.6. The Morgan fingerprint density at radius 1 is 0.392 bits per heavy atom. The van der Waals surface area contributed by atoms with E-state index in [1.165, 1.54) is 35.6 Å². The third-order valence-electron chi connectivity index (χ3n) is 9.70. The number of aromatic nitrogens is 5. The zero-order chi connectivity index (χ0) is 33.5. The highest BCUT2D eigenvalue weighted by Gasteiger charge is 2.21. The van der Waals surface area contributed by atoms with Crippen molar-refractivity contribution in [1.82, 2.24) is 24.5 Å². The van der Waals surface area contributed by atoms with Gasteiger partial charge in [-0.25, -0.2) is 9.97 Å². The summed E-state index contributed by atoms with van der Waals surface area (Å²) in [5.74, 6) is 1.83. The molecule has 0 aliphatic rings. The second-order valence-electron chi connectivity index (χ2n) is 12.6. The lowest BCUT2D eigenvalue weighted by Gasteiger charge is -2.11. The van der Waals surface area contributed by atoms with Crippen LogP contribution in [-0.2, 0) is 0 Å². The summed E-state index contributed by atoms with van der Waals surface area (Å²) >= 11 is 3.62. The lowest BCUT2D eigenvalue weighted by atomic mass is 10.0. The van der Waals surface area contributed by atoms with Gasteiger partial charge in [0.25, 0.3) is 0 Å². The van der Waals surface area contributed by atoms with Crippen LogP contribution >= 0.6 is 22.7 Å². The third kappa shape index (κ3) is 4.39. The van der Waals surface area contributed by atoms with E-state index in [9.17, 15) is 0 Å². The Kier molecular flexibility index (Phi) is 6.22. The molecule has 0 N–H and O–H groups in total. The first-order valence-electron chi connectivity index (χ1n) is 16.8. The molecule has 0 unspecified atom stereocenters. The van der Waals surface area contributed by atoms with Crippen molar-refractivity contribution < 1.29 is 0 Å². The van der Waals surface area contributed by atoms with E-state index in [4.69, 9.17) is 19.9 Å². The first kappa shape index (κ1) is 28.5. The Hall–Kier alpha value is -6.28. The van der Waals surface area contributed by atoms with E-state index in [1.54, 1.807) is 11.3 Å². The van der Waals surface area contributed by atoms with Gasteiger partial charge in [-0.3, -0.25) is 4.57 Å². The van der Waals surface area contributed by atoms with E-state index in [0.717, 1.165) is 49.0 Å². The quantitative estimate of drug-likeness (QED) is 0.185. The van der Waals surface area contributed by atoms with E-state index in [2.05, 4.69) is 126 Å². The average molecular weight is 688 g/mol.